The standard InChI is InChI=1S/C14H9F4NO2.C8H16.C2H6/c15-9-8(10(16)12(18)13(20)11(9)17)14(21)19-6-7-4-2-1-3-5-7;1-2-4-6-8-7-5-3-1;1-2/h1-5,20H,6H2,(H,19,21);1-8H2;1-2H3. The Morgan fingerprint density at radius 2 is 1.16 bits per heavy atom. The Morgan fingerprint density at radius 1 is 0.774 bits per heavy atom. The highest BCUT2D eigenvalue weighted by atomic mass is 19.2. The summed E-state index contributed by atoms with van der Waals surface area (Å²) in [5.41, 5.74) is -0.787. The SMILES string of the molecule is C1CCCCCCC1.CC.O=C(NCc1ccccc1)c1c(F)c(F)c(O)c(F)c1F. The van der Waals surface area contributed by atoms with Gasteiger partial charge in [-0.25, -0.2) is 8.78 Å². The number of nitrogens with one attached hydrogen (secondary N) is 1. The number of phenolic OH excluding ortho intramolecular Hbond substituents is 1. The number of carbonyl (C=O) groups is 1. The first-order valence-corrected chi connectivity index (χ1v) is 10.8. The van der Waals surface area contributed by atoms with Gasteiger partial charge in [-0.15, -0.1) is 0 Å². The van der Waals surface area contributed by atoms with Crippen LogP contribution in [0.1, 0.15) is 81.1 Å². The first-order valence-electron chi connectivity index (χ1n) is 10.8. The lowest BCUT2D eigenvalue weighted by atomic mass is 10.0. The van der Waals surface area contributed by atoms with Crippen molar-refractivity contribution in [3.05, 3.63) is 64.7 Å². The fourth-order valence-corrected chi connectivity index (χ4v) is 3.10. The molecule has 0 heterocycles. The molecular weight excluding hydrogens is 410 g/mol. The van der Waals surface area contributed by atoms with Crippen LogP contribution in [-0.4, -0.2) is 11.0 Å². The molecule has 1 aliphatic carbocycles. The molecule has 172 valence electrons. The van der Waals surface area contributed by atoms with Crippen LogP contribution in [0, 0.1) is 23.3 Å². The highest BCUT2D eigenvalue weighted by Crippen LogP contribution is 2.28. The van der Waals surface area contributed by atoms with Gasteiger partial charge in [-0.1, -0.05) is 95.5 Å². The molecule has 1 fully saturated rings. The van der Waals surface area contributed by atoms with E-state index in [1.807, 2.05) is 13.8 Å². The summed E-state index contributed by atoms with van der Waals surface area (Å²) in [6.45, 7) is 3.92. The zero-order chi connectivity index (χ0) is 23.2. The van der Waals surface area contributed by atoms with Crippen molar-refractivity contribution in [2.24, 2.45) is 0 Å². The van der Waals surface area contributed by atoms with E-state index in [-0.39, 0.29) is 6.54 Å². The van der Waals surface area contributed by atoms with Gasteiger partial charge < -0.3 is 10.4 Å². The van der Waals surface area contributed by atoms with E-state index >= 15 is 0 Å². The Morgan fingerprint density at radius 3 is 1.55 bits per heavy atom. The summed E-state index contributed by atoms with van der Waals surface area (Å²) >= 11 is 0. The normalized spacial score (nSPS) is 13.5. The van der Waals surface area contributed by atoms with Crippen molar-refractivity contribution in [1.82, 2.24) is 5.32 Å². The molecule has 3 nitrogen and oxygen atoms in total. The molecule has 0 spiro atoms. The second-order valence-electron chi connectivity index (χ2n) is 6.98. The lowest BCUT2D eigenvalue weighted by molar-refractivity contribution is 0.0939. The third kappa shape index (κ3) is 8.23. The van der Waals surface area contributed by atoms with Gasteiger partial charge >= 0.3 is 0 Å². The minimum Gasteiger partial charge on any atom is -0.503 e. The lowest BCUT2D eigenvalue weighted by Crippen LogP contribution is -2.26. The summed E-state index contributed by atoms with van der Waals surface area (Å²) in [6, 6.07) is 8.39. The Bertz CT molecular complexity index is 760. The van der Waals surface area contributed by atoms with Crippen molar-refractivity contribution in [3.8, 4) is 5.75 Å². The van der Waals surface area contributed by atoms with Crippen molar-refractivity contribution in [3.63, 3.8) is 0 Å². The van der Waals surface area contributed by atoms with Crippen molar-refractivity contribution in [1.29, 1.82) is 0 Å². The van der Waals surface area contributed by atoms with Crippen LogP contribution in [0.3, 0.4) is 0 Å². The van der Waals surface area contributed by atoms with Crippen LogP contribution in [0.15, 0.2) is 30.3 Å². The van der Waals surface area contributed by atoms with E-state index in [4.69, 9.17) is 5.11 Å². The number of hydrogen-bond acceptors (Lipinski definition) is 2. The van der Waals surface area contributed by atoms with E-state index in [2.05, 4.69) is 5.32 Å². The Kier molecular flexibility index (Phi) is 12.3. The molecule has 31 heavy (non-hydrogen) atoms. The molecule has 0 aromatic heterocycles. The van der Waals surface area contributed by atoms with E-state index in [0.29, 0.717) is 5.56 Å². The summed E-state index contributed by atoms with van der Waals surface area (Å²) in [7, 11) is 0. The minimum atomic E-state index is -2.02. The summed E-state index contributed by atoms with van der Waals surface area (Å²) < 4.78 is 53.2. The fraction of sp³-hybridized carbons (Fsp3) is 0.458. The summed E-state index contributed by atoms with van der Waals surface area (Å²) in [5.74, 6) is -11.1. The van der Waals surface area contributed by atoms with Gasteiger partial charge in [0.25, 0.3) is 5.91 Å². The average molecular weight is 442 g/mol. The number of phenols is 1. The van der Waals surface area contributed by atoms with Crippen LogP contribution in [-0.2, 0) is 6.54 Å². The van der Waals surface area contributed by atoms with Gasteiger partial charge in [0.15, 0.2) is 17.4 Å². The molecule has 0 unspecified atom stereocenters. The Balaban J connectivity index is 0.000000400. The van der Waals surface area contributed by atoms with E-state index in [9.17, 15) is 22.4 Å². The van der Waals surface area contributed by atoms with Crippen molar-refractivity contribution >= 4 is 5.91 Å². The Hall–Kier alpha value is -2.57. The van der Waals surface area contributed by atoms with E-state index < -0.39 is 40.5 Å². The van der Waals surface area contributed by atoms with E-state index in [0.717, 1.165) is 0 Å². The van der Waals surface area contributed by atoms with Gasteiger partial charge in [0.2, 0.25) is 11.6 Å². The van der Waals surface area contributed by atoms with Crippen LogP contribution in [0.25, 0.3) is 0 Å². The molecule has 1 amide bonds. The molecule has 0 saturated heterocycles. The van der Waals surface area contributed by atoms with Crippen molar-refractivity contribution in [2.75, 3.05) is 0 Å². The molecule has 0 aliphatic heterocycles. The number of benzene rings is 2. The van der Waals surface area contributed by atoms with Crippen molar-refractivity contribution < 1.29 is 27.5 Å². The van der Waals surface area contributed by atoms with Crippen LogP contribution in [0.5, 0.6) is 5.75 Å². The molecule has 1 aliphatic rings. The average Bonchev–Trinajstić information content (AvgIpc) is 2.77. The second kappa shape index (κ2) is 14.4. The molecule has 0 radical (unpaired) electrons. The highest BCUT2D eigenvalue weighted by molar-refractivity contribution is 5.95. The van der Waals surface area contributed by atoms with E-state index in [1.165, 1.54) is 51.4 Å². The quantitative estimate of drug-likeness (QED) is 0.397. The van der Waals surface area contributed by atoms with Gasteiger partial charge in [-0.2, -0.15) is 8.78 Å². The molecule has 1 saturated carbocycles. The fourth-order valence-electron chi connectivity index (χ4n) is 3.10. The monoisotopic (exact) mass is 441 g/mol. The third-order valence-corrected chi connectivity index (χ3v) is 4.76. The lowest BCUT2D eigenvalue weighted by Gasteiger charge is -2.09. The predicted octanol–water partition coefficient (Wildman–Crippen LogP) is 7.03. The first kappa shape index (κ1) is 26.5. The maximum atomic E-state index is 13.5. The maximum Gasteiger partial charge on any atom is 0.257 e. The number of rotatable bonds is 3. The van der Waals surface area contributed by atoms with Gasteiger partial charge in [0.1, 0.15) is 5.56 Å². The molecule has 0 atom stereocenters. The van der Waals surface area contributed by atoms with Gasteiger partial charge in [-0.3, -0.25) is 4.79 Å². The zero-order valence-corrected chi connectivity index (χ0v) is 18.1. The first-order chi connectivity index (χ1) is 14.9. The number of amides is 1. The molecule has 7 heteroatoms. The van der Waals surface area contributed by atoms with Crippen molar-refractivity contribution in [2.45, 2.75) is 71.8 Å². The van der Waals surface area contributed by atoms with Crippen LogP contribution in [0.4, 0.5) is 17.6 Å². The molecule has 2 N–H and O–H groups in total. The maximum absolute atomic E-state index is 13.5. The van der Waals surface area contributed by atoms with Crippen LogP contribution in [0.2, 0.25) is 0 Å². The number of hydrogen-bond donors (Lipinski definition) is 2. The summed E-state index contributed by atoms with van der Waals surface area (Å²) in [6.07, 6.45) is 12.0. The van der Waals surface area contributed by atoms with Gasteiger partial charge in [0.05, 0.1) is 0 Å². The molecule has 2 aromatic rings. The smallest absolute Gasteiger partial charge is 0.257 e. The number of aromatic hydroxyl groups is 1. The molecule has 2 aromatic carbocycles. The highest BCUT2D eigenvalue weighted by Gasteiger charge is 2.29. The minimum absolute atomic E-state index is 0.0807. The molecule has 0 bridgehead atoms. The summed E-state index contributed by atoms with van der Waals surface area (Å²) in [4.78, 5) is 11.7. The Labute approximate surface area is 181 Å². The van der Waals surface area contributed by atoms with Crippen LogP contribution < -0.4 is 5.32 Å². The largest absolute Gasteiger partial charge is 0.503 e. The molecular formula is C24H31F4NO2. The molecule has 3 rings (SSSR count). The topological polar surface area (TPSA) is 49.3 Å². The third-order valence-electron chi connectivity index (χ3n) is 4.76. The van der Waals surface area contributed by atoms with Crippen LogP contribution >= 0.6 is 0 Å². The zero-order valence-electron chi connectivity index (χ0n) is 18.1. The van der Waals surface area contributed by atoms with Gasteiger partial charge in [0, 0.05) is 6.54 Å². The second-order valence-corrected chi connectivity index (χ2v) is 6.98. The summed E-state index contributed by atoms with van der Waals surface area (Å²) in [5, 5.41) is 11.0. The number of carbonyl (C=O) groups excluding carboxylic acids is 1. The van der Waals surface area contributed by atoms with Gasteiger partial charge in [-0.05, 0) is 5.56 Å². The predicted molar refractivity (Wildman–Crippen MR) is 114 cm³/mol. The van der Waals surface area contributed by atoms with E-state index in [1.54, 1.807) is 30.3 Å². The number of halogens is 4.